The molecule has 0 unspecified atom stereocenters. The molecule has 64 heavy (non-hydrogen) atoms. The van der Waals surface area contributed by atoms with E-state index in [4.69, 9.17) is 19.9 Å². The number of nitrogens with zero attached hydrogens (tertiary/aromatic N) is 5. The fourth-order valence-electron chi connectivity index (χ4n) is 10.3. The lowest BCUT2D eigenvalue weighted by molar-refractivity contribution is 0.631. The molecule has 0 saturated carbocycles. The summed E-state index contributed by atoms with van der Waals surface area (Å²) >= 11 is 0. The molecule has 0 atom stereocenters. The van der Waals surface area contributed by atoms with Crippen molar-refractivity contribution in [2.45, 2.75) is 19.3 Å². The van der Waals surface area contributed by atoms with E-state index in [0.29, 0.717) is 17.5 Å². The first-order valence-corrected chi connectivity index (χ1v) is 21.9. The summed E-state index contributed by atoms with van der Waals surface area (Å²) in [5, 5.41) is 7.22. The van der Waals surface area contributed by atoms with E-state index < -0.39 is 0 Å². The Bertz CT molecular complexity index is 3810. The third-order valence-electron chi connectivity index (χ3n) is 13.3. The van der Waals surface area contributed by atoms with Crippen molar-refractivity contribution in [1.29, 1.82) is 0 Å². The lowest BCUT2D eigenvalue weighted by Crippen LogP contribution is -2.19. The van der Waals surface area contributed by atoms with Crippen LogP contribution in [0.25, 0.3) is 117 Å². The Morgan fingerprint density at radius 3 is 1.67 bits per heavy atom. The van der Waals surface area contributed by atoms with Gasteiger partial charge in [-0.25, -0.2) is 19.9 Å². The summed E-state index contributed by atoms with van der Waals surface area (Å²) in [7, 11) is 0. The van der Waals surface area contributed by atoms with Gasteiger partial charge in [-0.2, -0.15) is 0 Å². The first-order chi connectivity index (χ1) is 31.5. The van der Waals surface area contributed by atoms with Crippen LogP contribution >= 0.6 is 0 Å². The highest BCUT2D eigenvalue weighted by Gasteiger charge is 2.40. The summed E-state index contributed by atoms with van der Waals surface area (Å²) in [5.41, 5.74) is 15.2. The van der Waals surface area contributed by atoms with Crippen molar-refractivity contribution < 1.29 is 0 Å². The lowest BCUT2D eigenvalue weighted by Gasteiger charge is -2.23. The molecule has 0 spiro atoms. The molecule has 0 aliphatic heterocycles. The van der Waals surface area contributed by atoms with Crippen LogP contribution in [0.1, 0.15) is 25.1 Å². The lowest BCUT2D eigenvalue weighted by atomic mass is 9.84. The van der Waals surface area contributed by atoms with Crippen LogP contribution in [0.15, 0.2) is 200 Å². The zero-order valence-electron chi connectivity index (χ0n) is 35.3. The Hall–Kier alpha value is -8.28. The highest BCUT2D eigenvalue weighted by atomic mass is 15.0. The summed E-state index contributed by atoms with van der Waals surface area (Å²) in [4.78, 5) is 20.8. The van der Waals surface area contributed by atoms with E-state index in [-0.39, 0.29) is 5.41 Å². The molecule has 0 amide bonds. The second-order valence-electron chi connectivity index (χ2n) is 17.4. The minimum Gasteiger partial charge on any atom is -0.295 e. The van der Waals surface area contributed by atoms with Crippen molar-refractivity contribution in [3.8, 4) is 67.5 Å². The molecule has 0 N–H and O–H groups in total. The molecule has 5 heteroatoms. The molecule has 13 rings (SSSR count). The van der Waals surface area contributed by atoms with Gasteiger partial charge in [-0.05, 0) is 103 Å². The van der Waals surface area contributed by atoms with E-state index >= 15 is 0 Å². The maximum Gasteiger partial charge on any atom is 0.164 e. The topological polar surface area (TPSA) is 56.0 Å². The fraction of sp³-hybridized carbons (Fsp3) is 0.0508. The quantitative estimate of drug-likeness (QED) is 0.162. The van der Waals surface area contributed by atoms with Gasteiger partial charge in [0.15, 0.2) is 17.5 Å². The van der Waals surface area contributed by atoms with Crippen LogP contribution in [0.3, 0.4) is 0 Å². The van der Waals surface area contributed by atoms with E-state index in [2.05, 4.69) is 182 Å². The van der Waals surface area contributed by atoms with Gasteiger partial charge in [0.05, 0.1) is 11.0 Å². The van der Waals surface area contributed by atoms with Gasteiger partial charge in [0.2, 0.25) is 0 Å². The Kier molecular flexibility index (Phi) is 7.88. The highest BCUT2D eigenvalue weighted by molar-refractivity contribution is 6.14. The van der Waals surface area contributed by atoms with Crippen molar-refractivity contribution in [3.05, 3.63) is 211 Å². The van der Waals surface area contributed by atoms with Crippen molar-refractivity contribution in [3.63, 3.8) is 0 Å². The molecule has 0 saturated heterocycles. The number of fused-ring (bicyclic) bond motifs is 13. The van der Waals surface area contributed by atoms with Gasteiger partial charge >= 0.3 is 0 Å². The minimum atomic E-state index is -0.293. The molecule has 0 bridgehead atoms. The number of benzene rings is 9. The van der Waals surface area contributed by atoms with Crippen molar-refractivity contribution in [1.82, 2.24) is 24.3 Å². The molecule has 300 valence electrons. The largest absolute Gasteiger partial charge is 0.295 e. The summed E-state index contributed by atoms with van der Waals surface area (Å²) in [5.74, 6) is 1.89. The molecule has 12 aromatic rings. The van der Waals surface area contributed by atoms with Gasteiger partial charge in [-0.1, -0.05) is 172 Å². The zero-order chi connectivity index (χ0) is 42.5. The van der Waals surface area contributed by atoms with E-state index in [1.807, 2.05) is 36.4 Å². The van der Waals surface area contributed by atoms with Crippen LogP contribution in [0.4, 0.5) is 0 Å². The van der Waals surface area contributed by atoms with Gasteiger partial charge < -0.3 is 0 Å². The Labute approximate surface area is 370 Å². The van der Waals surface area contributed by atoms with Crippen LogP contribution in [-0.4, -0.2) is 24.3 Å². The molecule has 3 heterocycles. The molecule has 0 fully saturated rings. The monoisotopic (exact) mass is 817 g/mol. The van der Waals surface area contributed by atoms with Crippen LogP contribution < -0.4 is 0 Å². The molecule has 1 aliphatic rings. The van der Waals surface area contributed by atoms with Gasteiger partial charge in [0.25, 0.3) is 0 Å². The number of aromatic nitrogens is 5. The maximum atomic E-state index is 5.24. The summed E-state index contributed by atoms with van der Waals surface area (Å²) in [6.07, 6.45) is 0. The van der Waals surface area contributed by atoms with E-state index in [0.717, 1.165) is 61.0 Å². The maximum absolute atomic E-state index is 5.24. The molecule has 3 aromatic heterocycles. The van der Waals surface area contributed by atoms with E-state index in [1.54, 1.807) is 0 Å². The summed E-state index contributed by atoms with van der Waals surface area (Å²) in [6, 6.07) is 71.4. The van der Waals surface area contributed by atoms with Crippen LogP contribution in [0, 0.1) is 0 Å². The second-order valence-corrected chi connectivity index (χ2v) is 17.4. The fourth-order valence-corrected chi connectivity index (χ4v) is 10.3. The molecule has 5 nitrogen and oxygen atoms in total. The SMILES string of the molecule is CC1(C)c2ccc(-c3cc(-c4nc(-c5ccccc5)nc(-c5ccccc5)n4)cc(-c4cc5ccccc5c5ccccc45)c3)cc2-c2c1n1c3ccccc3nc1c1ccccc21. The molecule has 1 aliphatic carbocycles. The van der Waals surface area contributed by atoms with Crippen LogP contribution in [0.2, 0.25) is 0 Å². The number of hydrogen-bond donors (Lipinski definition) is 0. The van der Waals surface area contributed by atoms with Crippen molar-refractivity contribution in [2.75, 3.05) is 0 Å². The number of para-hydroxylation sites is 2. The average Bonchev–Trinajstić information content (AvgIpc) is 3.86. The smallest absolute Gasteiger partial charge is 0.164 e. The standard InChI is InChI=1S/C59H39N5/c1-59(2)50-30-29-38(34-49(50)53-46-25-13-14-26-47(46)58-60-51-27-15-16-28-52(51)64(58)54(53)59)40-31-41(48-35-39-21-9-10-22-43(39)44-23-11-12-24-45(44)48)33-42(32-40)57-62-55(36-17-5-3-6-18-36)61-56(63-57)37-19-7-4-8-20-37/h3-35H,1-2H3. The number of hydrogen-bond acceptors (Lipinski definition) is 4. The number of rotatable bonds is 5. The van der Waals surface area contributed by atoms with E-state index in [9.17, 15) is 0 Å². The highest BCUT2D eigenvalue weighted by Crippen LogP contribution is 2.53. The first kappa shape index (κ1) is 36.4. The average molecular weight is 818 g/mol. The third kappa shape index (κ3) is 5.50. The zero-order valence-corrected chi connectivity index (χ0v) is 35.3. The second kappa shape index (κ2) is 13.9. The minimum absolute atomic E-state index is 0.293. The molecular weight excluding hydrogens is 779 g/mol. The van der Waals surface area contributed by atoms with Crippen molar-refractivity contribution >= 4 is 49.0 Å². The molecule has 9 aromatic carbocycles. The Morgan fingerprint density at radius 2 is 0.938 bits per heavy atom. The third-order valence-corrected chi connectivity index (χ3v) is 13.3. The van der Waals surface area contributed by atoms with Gasteiger partial charge in [-0.15, -0.1) is 0 Å². The first-order valence-electron chi connectivity index (χ1n) is 21.9. The van der Waals surface area contributed by atoms with Gasteiger partial charge in [-0.3, -0.25) is 4.40 Å². The normalized spacial score (nSPS) is 13.0. The van der Waals surface area contributed by atoms with Crippen molar-refractivity contribution in [2.24, 2.45) is 0 Å². The predicted octanol–water partition coefficient (Wildman–Crippen LogP) is 14.8. The van der Waals surface area contributed by atoms with E-state index in [1.165, 1.54) is 49.3 Å². The summed E-state index contributed by atoms with van der Waals surface area (Å²) in [6.45, 7) is 4.72. The van der Waals surface area contributed by atoms with Crippen LogP contribution in [0.5, 0.6) is 0 Å². The summed E-state index contributed by atoms with van der Waals surface area (Å²) < 4.78 is 2.42. The number of imidazole rings is 1. The van der Waals surface area contributed by atoms with Gasteiger partial charge in [0.1, 0.15) is 5.65 Å². The van der Waals surface area contributed by atoms with Gasteiger partial charge in [0, 0.05) is 38.7 Å². The Balaban J connectivity index is 1.09. The predicted molar refractivity (Wildman–Crippen MR) is 263 cm³/mol. The molecular formula is C59H39N5. The number of pyridine rings is 1. The van der Waals surface area contributed by atoms with Crippen LogP contribution in [-0.2, 0) is 5.41 Å². The Morgan fingerprint density at radius 1 is 0.375 bits per heavy atom. The molecule has 0 radical (unpaired) electrons.